The number of carbonyl (C=O) groups is 5. The summed E-state index contributed by atoms with van der Waals surface area (Å²) >= 11 is 3.16. The predicted octanol–water partition coefficient (Wildman–Crippen LogP) is 4.17. The number of rotatable bonds is 8. The molecule has 16 heteroatoms. The lowest BCUT2D eigenvalue weighted by Gasteiger charge is -2.29. The summed E-state index contributed by atoms with van der Waals surface area (Å²) < 4.78 is 42.7. The van der Waals surface area contributed by atoms with E-state index in [1.165, 1.54) is 24.1 Å². The molecule has 2 saturated carbocycles. The molecule has 286 valence electrons. The molecule has 2 aromatic rings. The van der Waals surface area contributed by atoms with Crippen LogP contribution in [-0.4, -0.2) is 103 Å². The molecule has 1 aromatic heterocycles. The Bertz CT molecular complexity index is 1920. The van der Waals surface area contributed by atoms with E-state index in [1.54, 1.807) is 12.1 Å². The van der Waals surface area contributed by atoms with Crippen LogP contribution in [0.15, 0.2) is 41.3 Å². The zero-order chi connectivity index (χ0) is 37.9. The number of amides is 3. The molecule has 6 rings (SSSR count). The number of hydrogen-bond donors (Lipinski definition) is 2. The fourth-order valence-electron chi connectivity index (χ4n) is 7.63. The monoisotopic (exact) mass is 816 g/mol. The van der Waals surface area contributed by atoms with E-state index in [2.05, 4.69) is 31.5 Å². The van der Waals surface area contributed by atoms with Gasteiger partial charge in [-0.15, -0.1) is 0 Å². The second kappa shape index (κ2) is 16.1. The molecule has 3 heterocycles. The summed E-state index contributed by atoms with van der Waals surface area (Å²) in [6, 6.07) is 3.88. The fourth-order valence-corrected chi connectivity index (χ4v) is 8.75. The number of hydrogen-bond acceptors (Lipinski definition) is 11. The van der Waals surface area contributed by atoms with Gasteiger partial charge in [0.15, 0.2) is 15.6 Å². The molecule has 3 fully saturated rings. The Morgan fingerprint density at radius 2 is 1.83 bits per heavy atom. The minimum atomic E-state index is -3.76. The van der Waals surface area contributed by atoms with Gasteiger partial charge in [0.05, 0.1) is 29.4 Å². The van der Waals surface area contributed by atoms with Crippen molar-refractivity contribution < 1.29 is 46.6 Å². The number of fused-ring (bicyclic) bond motifs is 3. The highest BCUT2D eigenvalue weighted by molar-refractivity contribution is 9.09. The first kappa shape index (κ1) is 38.7. The van der Waals surface area contributed by atoms with Gasteiger partial charge in [0.2, 0.25) is 11.8 Å². The van der Waals surface area contributed by atoms with Crippen LogP contribution in [0, 0.1) is 5.92 Å². The highest BCUT2D eigenvalue weighted by Gasteiger charge is 2.62. The molecule has 1 unspecified atom stereocenters. The minimum Gasteiger partial charge on any atom is -0.488 e. The number of Topliss-reactive ketones (excluding diaryl/α,β-unsaturated/α-hetero) is 1. The number of nitrogens with zero attached hydrogens (tertiary/aromatic N) is 2. The van der Waals surface area contributed by atoms with Gasteiger partial charge in [-0.2, -0.15) is 0 Å². The van der Waals surface area contributed by atoms with Gasteiger partial charge in [-0.3, -0.25) is 14.4 Å². The number of carbonyl (C=O) groups excluding carboxylic acids is 5. The van der Waals surface area contributed by atoms with Crippen LogP contribution < -0.4 is 15.4 Å². The molecule has 0 radical (unpaired) electrons. The van der Waals surface area contributed by atoms with Crippen molar-refractivity contribution in [3.8, 4) is 5.75 Å². The number of benzene rings is 1. The van der Waals surface area contributed by atoms with Gasteiger partial charge in [0.25, 0.3) is 0 Å². The molecule has 2 N–H and O–H groups in total. The van der Waals surface area contributed by atoms with Gasteiger partial charge in [0.1, 0.15) is 41.3 Å². The summed E-state index contributed by atoms with van der Waals surface area (Å²) in [5.74, 6) is -2.20. The molecule has 0 bridgehead atoms. The topological polar surface area (TPSA) is 187 Å². The lowest BCUT2D eigenvalue weighted by atomic mass is 10.0. The number of nitrogens with one attached hydrogen (secondary N) is 2. The fraction of sp³-hybridized carbons (Fsp3) is 0.568. The van der Waals surface area contributed by atoms with Crippen molar-refractivity contribution >= 4 is 66.3 Å². The first-order valence-corrected chi connectivity index (χ1v) is 21.1. The van der Waals surface area contributed by atoms with E-state index in [1.807, 2.05) is 12.2 Å². The quantitative estimate of drug-likeness (QED) is 0.169. The molecule has 1 aromatic carbocycles. The number of pyridine rings is 1. The Morgan fingerprint density at radius 1 is 1.08 bits per heavy atom. The predicted molar refractivity (Wildman–Crippen MR) is 196 cm³/mol. The van der Waals surface area contributed by atoms with Crippen molar-refractivity contribution in [2.24, 2.45) is 5.92 Å². The third-order valence-corrected chi connectivity index (χ3v) is 12.2. The Kier molecular flexibility index (Phi) is 11.8. The summed E-state index contributed by atoms with van der Waals surface area (Å²) in [7, 11) is -2.50. The average Bonchev–Trinajstić information content (AvgIpc) is 3.41. The number of ketones is 1. The second-order valence-electron chi connectivity index (χ2n) is 14.3. The van der Waals surface area contributed by atoms with Crippen LogP contribution in [0.3, 0.4) is 0 Å². The number of sulfone groups is 1. The first-order chi connectivity index (χ1) is 25.3. The molecule has 1 saturated heterocycles. The van der Waals surface area contributed by atoms with Crippen LogP contribution in [-0.2, 0) is 33.7 Å². The van der Waals surface area contributed by atoms with E-state index in [9.17, 15) is 32.4 Å². The maximum Gasteiger partial charge on any atom is 0.408 e. The van der Waals surface area contributed by atoms with Crippen LogP contribution in [0.25, 0.3) is 10.9 Å². The molecule has 0 spiro atoms. The first-order valence-electron chi connectivity index (χ1n) is 18.1. The zero-order valence-electron chi connectivity index (χ0n) is 29.8. The van der Waals surface area contributed by atoms with Gasteiger partial charge < -0.3 is 29.7 Å². The Hall–Kier alpha value is -4.05. The standard InChI is InChI=1S/C37H45BrN4O10S/c1-50-35(46)37-19-22(37)11-6-4-3-5-7-15-26(40-36(47)52-23-12-8-9-13-23)34(45)42-21-24(17-28(42)33(44)41-37)51-30-18-27(29(43)20-38)39-32-25(30)14-10-16-31(32)53(2,48)49/h6,10-11,14,16,18,22-24,26,28H,3-5,7-9,12-13,15,17,19-21H2,1-2H3,(H,40,47)(H,41,44)/b11-6-/t22?,24-,26+,28+,37-/m1/s1. The molecular formula is C37H45BrN4O10S. The number of halogens is 1. The van der Waals surface area contributed by atoms with Gasteiger partial charge in [-0.25, -0.2) is 23.0 Å². The maximum atomic E-state index is 14.5. The van der Waals surface area contributed by atoms with E-state index in [4.69, 9.17) is 14.2 Å². The van der Waals surface area contributed by atoms with Gasteiger partial charge in [-0.05, 0) is 63.5 Å². The highest BCUT2D eigenvalue weighted by atomic mass is 79.9. The summed E-state index contributed by atoms with van der Waals surface area (Å²) in [5.41, 5.74) is -1.26. The van der Waals surface area contributed by atoms with Crippen molar-refractivity contribution in [2.45, 2.75) is 105 Å². The smallest absolute Gasteiger partial charge is 0.408 e. The lowest BCUT2D eigenvalue weighted by Crippen LogP contribution is -2.56. The van der Waals surface area contributed by atoms with Gasteiger partial charge in [-0.1, -0.05) is 47.0 Å². The Balaban J connectivity index is 1.35. The van der Waals surface area contributed by atoms with Crippen molar-refractivity contribution in [3.05, 3.63) is 42.1 Å². The van der Waals surface area contributed by atoms with E-state index in [-0.39, 0.29) is 52.2 Å². The summed E-state index contributed by atoms with van der Waals surface area (Å²) in [5, 5.41) is 5.93. The van der Waals surface area contributed by atoms with Crippen LogP contribution in [0.5, 0.6) is 5.75 Å². The molecule has 5 atom stereocenters. The van der Waals surface area contributed by atoms with E-state index in [0.29, 0.717) is 24.6 Å². The Labute approximate surface area is 316 Å². The largest absolute Gasteiger partial charge is 0.488 e. The molecule has 2 aliphatic carbocycles. The van der Waals surface area contributed by atoms with Gasteiger partial charge in [0, 0.05) is 30.0 Å². The number of alkyl halides is 1. The summed E-state index contributed by atoms with van der Waals surface area (Å²) in [4.78, 5) is 73.3. The molecule has 14 nitrogen and oxygen atoms in total. The second-order valence-corrected chi connectivity index (χ2v) is 16.9. The van der Waals surface area contributed by atoms with E-state index in [0.717, 1.165) is 51.2 Å². The number of para-hydroxylation sites is 1. The molecule has 4 aliphatic rings. The lowest BCUT2D eigenvalue weighted by molar-refractivity contribution is -0.148. The van der Waals surface area contributed by atoms with Crippen LogP contribution in [0.2, 0.25) is 0 Å². The van der Waals surface area contributed by atoms with E-state index < -0.39 is 63.2 Å². The van der Waals surface area contributed by atoms with Crippen molar-refractivity contribution in [3.63, 3.8) is 0 Å². The Morgan fingerprint density at radius 3 is 2.55 bits per heavy atom. The third-order valence-electron chi connectivity index (χ3n) is 10.5. The summed E-state index contributed by atoms with van der Waals surface area (Å²) in [6.45, 7) is -0.0847. The molecule has 53 heavy (non-hydrogen) atoms. The molecule has 2 aliphatic heterocycles. The van der Waals surface area contributed by atoms with Crippen molar-refractivity contribution in [2.75, 3.05) is 25.2 Å². The zero-order valence-corrected chi connectivity index (χ0v) is 32.2. The summed E-state index contributed by atoms with van der Waals surface area (Å²) in [6.07, 6.45) is 10.3. The maximum absolute atomic E-state index is 14.5. The molecular weight excluding hydrogens is 772 g/mol. The minimum absolute atomic E-state index is 0.00806. The number of aromatic nitrogens is 1. The number of ether oxygens (including phenoxy) is 3. The SMILES string of the molecule is COC(=O)[C@@]12CC1/C=C\CCCCC[C@H](NC(=O)OC1CCCC1)C(=O)N1C[C@H](Oc3cc(C(=O)CBr)nc4c(S(C)(=O)=O)cccc34)C[C@H]1C(=O)N2. The van der Waals surface area contributed by atoms with E-state index >= 15 is 0 Å². The van der Waals surface area contributed by atoms with Crippen molar-refractivity contribution in [1.29, 1.82) is 0 Å². The number of methoxy groups -OCH3 is 1. The van der Waals surface area contributed by atoms with Crippen LogP contribution in [0.1, 0.15) is 81.1 Å². The number of allylic oxidation sites excluding steroid dienone is 1. The average molecular weight is 818 g/mol. The van der Waals surface area contributed by atoms with Crippen molar-refractivity contribution in [1.82, 2.24) is 20.5 Å². The van der Waals surface area contributed by atoms with Crippen LogP contribution in [0.4, 0.5) is 4.79 Å². The number of esters is 1. The normalized spacial score (nSPS) is 27.4. The molecule has 3 amide bonds. The third kappa shape index (κ3) is 8.53. The number of alkyl carbamates (subject to hydrolysis) is 1. The highest BCUT2D eigenvalue weighted by Crippen LogP contribution is 2.46. The van der Waals surface area contributed by atoms with Crippen LogP contribution >= 0.6 is 15.9 Å². The van der Waals surface area contributed by atoms with Gasteiger partial charge >= 0.3 is 12.1 Å².